The van der Waals surface area contributed by atoms with E-state index < -0.39 is 0 Å². The molecule has 2 aromatic carbocycles. The molecule has 3 nitrogen and oxygen atoms in total. The molecule has 1 amide bonds. The Balaban J connectivity index is 1.66. The monoisotopic (exact) mass is 322 g/mol. The number of nitrogens with zero attached hydrogens (tertiary/aromatic N) is 1. The summed E-state index contributed by atoms with van der Waals surface area (Å²) < 4.78 is 0. The summed E-state index contributed by atoms with van der Waals surface area (Å²) in [6, 6.07) is 15.2. The summed E-state index contributed by atoms with van der Waals surface area (Å²) in [5.74, 6) is 0.871. The summed E-state index contributed by atoms with van der Waals surface area (Å²) in [4.78, 5) is 15.4. The highest BCUT2D eigenvalue weighted by molar-refractivity contribution is 5.87. The molecule has 24 heavy (non-hydrogen) atoms. The Morgan fingerprint density at radius 2 is 1.88 bits per heavy atom. The zero-order valence-corrected chi connectivity index (χ0v) is 14.2. The summed E-state index contributed by atoms with van der Waals surface area (Å²) in [5, 5.41) is 2.54. The Bertz CT molecular complexity index is 736. The van der Waals surface area contributed by atoms with Crippen molar-refractivity contribution in [3.8, 4) is 0 Å². The standard InChI is InChI=1S/C21H26N2O/c22-14-16-8-4-10-18(16)21(24)23-13-5-12-20(23)19-11-3-7-15-6-1-2-9-17(15)19/h1-3,6-7,9,11,16,18,20H,4-5,8,10,12-14,22H2/t16-,18-,20?/m1/s1. The average Bonchev–Trinajstić information content (AvgIpc) is 3.29. The van der Waals surface area contributed by atoms with Crippen LogP contribution in [0.1, 0.15) is 43.7 Å². The van der Waals surface area contributed by atoms with Gasteiger partial charge in [0.05, 0.1) is 6.04 Å². The molecule has 126 valence electrons. The molecule has 2 aromatic rings. The topological polar surface area (TPSA) is 46.3 Å². The van der Waals surface area contributed by atoms with Crippen molar-refractivity contribution in [1.29, 1.82) is 0 Å². The van der Waals surface area contributed by atoms with Crippen molar-refractivity contribution in [1.82, 2.24) is 4.90 Å². The van der Waals surface area contributed by atoms with Gasteiger partial charge in [0.2, 0.25) is 5.91 Å². The molecule has 0 spiro atoms. The third-order valence-electron chi connectivity index (χ3n) is 6.00. The molecule has 0 radical (unpaired) electrons. The van der Waals surface area contributed by atoms with E-state index in [4.69, 9.17) is 5.73 Å². The minimum absolute atomic E-state index is 0.144. The first kappa shape index (κ1) is 15.6. The molecule has 0 aromatic heterocycles. The fourth-order valence-corrected chi connectivity index (χ4v) is 4.75. The SMILES string of the molecule is NC[C@H]1CCC[C@H]1C(=O)N1CCCC1c1cccc2ccccc12. The van der Waals surface area contributed by atoms with Crippen LogP contribution in [0.25, 0.3) is 10.8 Å². The Labute approximate surface area is 143 Å². The van der Waals surface area contributed by atoms with E-state index in [1.54, 1.807) is 0 Å². The molecule has 1 unspecified atom stereocenters. The predicted octanol–water partition coefficient (Wildman–Crippen LogP) is 3.88. The van der Waals surface area contributed by atoms with E-state index >= 15 is 0 Å². The molecular weight excluding hydrogens is 296 g/mol. The lowest BCUT2D eigenvalue weighted by molar-refractivity contribution is -0.137. The molecule has 2 N–H and O–H groups in total. The largest absolute Gasteiger partial charge is 0.335 e. The van der Waals surface area contributed by atoms with E-state index in [-0.39, 0.29) is 12.0 Å². The highest BCUT2D eigenvalue weighted by Gasteiger charge is 2.39. The normalized spacial score (nSPS) is 27.0. The highest BCUT2D eigenvalue weighted by atomic mass is 16.2. The number of likely N-dealkylation sites (tertiary alicyclic amines) is 1. The first-order chi connectivity index (χ1) is 11.8. The van der Waals surface area contributed by atoms with Crippen LogP contribution in [-0.2, 0) is 4.79 Å². The molecule has 1 heterocycles. The van der Waals surface area contributed by atoms with Gasteiger partial charge in [-0.3, -0.25) is 4.79 Å². The van der Waals surface area contributed by atoms with Crippen LogP contribution in [0.15, 0.2) is 42.5 Å². The van der Waals surface area contributed by atoms with Gasteiger partial charge >= 0.3 is 0 Å². The molecule has 3 heteroatoms. The van der Waals surface area contributed by atoms with E-state index in [1.165, 1.54) is 16.3 Å². The molecule has 0 bridgehead atoms. The molecule has 1 aliphatic heterocycles. The number of rotatable bonds is 3. The van der Waals surface area contributed by atoms with Gasteiger partial charge in [-0.05, 0) is 54.5 Å². The smallest absolute Gasteiger partial charge is 0.226 e. The Kier molecular flexibility index (Phi) is 4.28. The van der Waals surface area contributed by atoms with Gasteiger partial charge in [0.1, 0.15) is 0 Å². The lowest BCUT2D eigenvalue weighted by Gasteiger charge is -2.30. The molecule has 2 fully saturated rings. The molecule has 4 rings (SSSR count). The van der Waals surface area contributed by atoms with Gasteiger partial charge in [0.25, 0.3) is 0 Å². The summed E-state index contributed by atoms with van der Waals surface area (Å²) in [5.41, 5.74) is 7.22. The van der Waals surface area contributed by atoms with E-state index in [0.29, 0.717) is 18.4 Å². The second kappa shape index (κ2) is 6.56. The Morgan fingerprint density at radius 3 is 2.75 bits per heavy atom. The van der Waals surface area contributed by atoms with E-state index in [1.807, 2.05) is 0 Å². The molecule has 3 atom stereocenters. The van der Waals surface area contributed by atoms with E-state index in [2.05, 4.69) is 47.4 Å². The van der Waals surface area contributed by atoms with Gasteiger partial charge in [-0.25, -0.2) is 0 Å². The minimum Gasteiger partial charge on any atom is -0.335 e. The Morgan fingerprint density at radius 1 is 1.04 bits per heavy atom. The molecule has 1 aliphatic carbocycles. The molecule has 1 saturated carbocycles. The summed E-state index contributed by atoms with van der Waals surface area (Å²) in [6.07, 6.45) is 5.43. The third kappa shape index (κ3) is 2.61. The fourth-order valence-electron chi connectivity index (χ4n) is 4.75. The first-order valence-corrected chi connectivity index (χ1v) is 9.28. The number of carbonyl (C=O) groups is 1. The lowest BCUT2D eigenvalue weighted by Crippen LogP contribution is -2.38. The van der Waals surface area contributed by atoms with Gasteiger partial charge in [0, 0.05) is 12.5 Å². The van der Waals surface area contributed by atoms with Crippen molar-refractivity contribution in [3.05, 3.63) is 48.0 Å². The second-order valence-electron chi connectivity index (χ2n) is 7.29. The lowest BCUT2D eigenvalue weighted by atomic mass is 9.93. The fraction of sp³-hybridized carbons (Fsp3) is 0.476. The first-order valence-electron chi connectivity index (χ1n) is 9.28. The van der Waals surface area contributed by atoms with Crippen molar-refractivity contribution >= 4 is 16.7 Å². The second-order valence-corrected chi connectivity index (χ2v) is 7.29. The summed E-state index contributed by atoms with van der Waals surface area (Å²) in [7, 11) is 0. The molecular formula is C21H26N2O. The van der Waals surface area contributed by atoms with E-state index in [0.717, 1.165) is 38.6 Å². The van der Waals surface area contributed by atoms with Crippen LogP contribution in [0.4, 0.5) is 0 Å². The van der Waals surface area contributed by atoms with Crippen LogP contribution in [0, 0.1) is 11.8 Å². The van der Waals surface area contributed by atoms with Gasteiger partial charge in [0.15, 0.2) is 0 Å². The van der Waals surface area contributed by atoms with Crippen LogP contribution < -0.4 is 5.73 Å². The van der Waals surface area contributed by atoms with Gasteiger partial charge in [-0.1, -0.05) is 48.9 Å². The van der Waals surface area contributed by atoms with Crippen LogP contribution in [-0.4, -0.2) is 23.9 Å². The van der Waals surface area contributed by atoms with Crippen molar-refractivity contribution < 1.29 is 4.79 Å². The number of carbonyl (C=O) groups excluding carboxylic acids is 1. The van der Waals surface area contributed by atoms with Crippen molar-refractivity contribution in [2.75, 3.05) is 13.1 Å². The average molecular weight is 322 g/mol. The number of nitrogens with two attached hydrogens (primary N) is 1. The maximum atomic E-state index is 13.2. The third-order valence-corrected chi connectivity index (χ3v) is 6.00. The van der Waals surface area contributed by atoms with Gasteiger partial charge in [-0.15, -0.1) is 0 Å². The number of amides is 1. The highest BCUT2D eigenvalue weighted by Crippen LogP contribution is 2.40. The van der Waals surface area contributed by atoms with Crippen LogP contribution in [0.5, 0.6) is 0 Å². The van der Waals surface area contributed by atoms with Gasteiger partial charge < -0.3 is 10.6 Å². The van der Waals surface area contributed by atoms with Crippen LogP contribution in [0.3, 0.4) is 0 Å². The predicted molar refractivity (Wildman–Crippen MR) is 97.5 cm³/mol. The number of hydrogen-bond acceptors (Lipinski definition) is 2. The summed E-state index contributed by atoms with van der Waals surface area (Å²) >= 11 is 0. The van der Waals surface area contributed by atoms with Crippen molar-refractivity contribution in [3.63, 3.8) is 0 Å². The van der Waals surface area contributed by atoms with E-state index in [9.17, 15) is 4.79 Å². The zero-order valence-electron chi connectivity index (χ0n) is 14.2. The molecule has 1 saturated heterocycles. The quantitative estimate of drug-likeness (QED) is 0.932. The minimum atomic E-state index is 0.144. The Hall–Kier alpha value is -1.87. The van der Waals surface area contributed by atoms with Crippen molar-refractivity contribution in [2.24, 2.45) is 17.6 Å². The van der Waals surface area contributed by atoms with Gasteiger partial charge in [-0.2, -0.15) is 0 Å². The number of benzene rings is 2. The van der Waals surface area contributed by atoms with Crippen molar-refractivity contribution in [2.45, 2.75) is 38.1 Å². The maximum absolute atomic E-state index is 13.2. The summed E-state index contributed by atoms with van der Waals surface area (Å²) in [6.45, 7) is 1.53. The number of hydrogen-bond donors (Lipinski definition) is 1. The maximum Gasteiger partial charge on any atom is 0.226 e. The van der Waals surface area contributed by atoms with Crippen LogP contribution >= 0.6 is 0 Å². The van der Waals surface area contributed by atoms with Crippen LogP contribution in [0.2, 0.25) is 0 Å². The zero-order chi connectivity index (χ0) is 16.5. The molecule has 2 aliphatic rings. The number of fused-ring (bicyclic) bond motifs is 1.